The summed E-state index contributed by atoms with van der Waals surface area (Å²) in [5, 5.41) is 6.88. The van der Waals surface area contributed by atoms with Crippen molar-refractivity contribution in [2.75, 3.05) is 12.3 Å². The average molecular weight is 417 g/mol. The van der Waals surface area contributed by atoms with E-state index in [1.165, 1.54) is 0 Å². The number of pyridine rings is 1. The minimum atomic E-state index is -0.186. The van der Waals surface area contributed by atoms with E-state index in [1.807, 2.05) is 54.6 Å². The number of amides is 2. The number of nitrogens with two attached hydrogens (primary N) is 1. The van der Waals surface area contributed by atoms with Gasteiger partial charge in [0, 0.05) is 31.4 Å². The van der Waals surface area contributed by atoms with Crippen LogP contribution in [0.4, 0.5) is 10.6 Å². The molecule has 0 saturated carbocycles. The third kappa shape index (κ3) is 4.60. The standard InChI is InChI=1S/C24H28N6O/c1-2-3-13-20-29-21-22(18-11-7-8-12-19(18)28-23(21)25)30(20)15-14-26-24(31)27-16-17-9-5-4-6-10-17/h4-12H,2-3,13-16H2,1H3,(H2,25,28)(H2,26,27,31). The molecule has 4 aromatic rings. The number of carbonyl (C=O) groups is 1. The molecular weight excluding hydrogens is 388 g/mol. The van der Waals surface area contributed by atoms with Crippen molar-refractivity contribution in [1.29, 1.82) is 0 Å². The molecule has 0 fully saturated rings. The number of nitrogens with one attached hydrogen (secondary N) is 2. The lowest BCUT2D eigenvalue weighted by Gasteiger charge is -2.12. The van der Waals surface area contributed by atoms with Crippen LogP contribution in [0.25, 0.3) is 21.9 Å². The summed E-state index contributed by atoms with van der Waals surface area (Å²) in [6, 6.07) is 17.6. The van der Waals surface area contributed by atoms with Gasteiger partial charge in [0.2, 0.25) is 0 Å². The first-order valence-electron chi connectivity index (χ1n) is 10.8. The Labute approximate surface area is 181 Å². The Morgan fingerprint density at radius 1 is 1.03 bits per heavy atom. The topological polar surface area (TPSA) is 97.9 Å². The van der Waals surface area contributed by atoms with Crippen molar-refractivity contribution in [1.82, 2.24) is 25.2 Å². The molecule has 4 rings (SSSR count). The Bertz CT molecular complexity index is 1190. The van der Waals surface area contributed by atoms with Gasteiger partial charge in [0.15, 0.2) is 5.82 Å². The maximum atomic E-state index is 12.3. The number of nitrogen functional groups attached to an aromatic ring is 1. The zero-order valence-electron chi connectivity index (χ0n) is 17.8. The molecule has 31 heavy (non-hydrogen) atoms. The molecule has 0 radical (unpaired) electrons. The smallest absolute Gasteiger partial charge is 0.315 e. The van der Waals surface area contributed by atoms with Gasteiger partial charge >= 0.3 is 6.03 Å². The van der Waals surface area contributed by atoms with Crippen LogP contribution < -0.4 is 16.4 Å². The SMILES string of the molecule is CCCCc1nc2c(N)nc3ccccc3c2n1CCNC(=O)NCc1ccccc1. The van der Waals surface area contributed by atoms with Crippen molar-refractivity contribution >= 4 is 33.8 Å². The summed E-state index contributed by atoms with van der Waals surface area (Å²) in [4.78, 5) is 21.6. The highest BCUT2D eigenvalue weighted by Crippen LogP contribution is 2.29. The van der Waals surface area contributed by atoms with Crippen molar-refractivity contribution in [3.8, 4) is 0 Å². The first-order chi connectivity index (χ1) is 15.2. The average Bonchev–Trinajstić information content (AvgIpc) is 3.16. The zero-order chi connectivity index (χ0) is 21.6. The predicted octanol–water partition coefficient (Wildman–Crippen LogP) is 4.01. The number of rotatable bonds is 8. The molecule has 7 nitrogen and oxygen atoms in total. The number of para-hydroxylation sites is 1. The molecule has 0 aliphatic rings. The molecule has 0 atom stereocenters. The maximum absolute atomic E-state index is 12.3. The normalized spacial score (nSPS) is 11.1. The molecule has 0 spiro atoms. The van der Waals surface area contributed by atoms with Gasteiger partial charge in [-0.25, -0.2) is 14.8 Å². The van der Waals surface area contributed by atoms with E-state index in [-0.39, 0.29) is 6.03 Å². The highest BCUT2D eigenvalue weighted by Gasteiger charge is 2.17. The molecule has 7 heteroatoms. The number of anilines is 1. The van der Waals surface area contributed by atoms with Crippen molar-refractivity contribution < 1.29 is 4.79 Å². The van der Waals surface area contributed by atoms with E-state index in [4.69, 9.17) is 10.7 Å². The molecule has 0 aliphatic heterocycles. The van der Waals surface area contributed by atoms with Crippen LogP contribution in [0.5, 0.6) is 0 Å². The fourth-order valence-electron chi connectivity index (χ4n) is 3.79. The van der Waals surface area contributed by atoms with Crippen LogP contribution in [0.15, 0.2) is 54.6 Å². The Kier molecular flexibility index (Phi) is 6.31. The fourth-order valence-corrected chi connectivity index (χ4v) is 3.79. The zero-order valence-corrected chi connectivity index (χ0v) is 17.8. The molecule has 2 amide bonds. The van der Waals surface area contributed by atoms with Crippen LogP contribution in [-0.4, -0.2) is 27.1 Å². The third-order valence-electron chi connectivity index (χ3n) is 5.36. The number of unbranched alkanes of at least 4 members (excludes halogenated alkanes) is 1. The second-order valence-corrected chi connectivity index (χ2v) is 7.59. The molecule has 160 valence electrons. The molecule has 4 N–H and O–H groups in total. The number of nitrogens with zero attached hydrogens (tertiary/aromatic N) is 3. The number of urea groups is 1. The molecule has 2 heterocycles. The lowest BCUT2D eigenvalue weighted by atomic mass is 10.2. The number of aromatic nitrogens is 3. The van der Waals surface area contributed by atoms with Crippen LogP contribution in [0.1, 0.15) is 31.2 Å². The first kappa shape index (κ1) is 20.7. The van der Waals surface area contributed by atoms with E-state index in [0.717, 1.165) is 52.6 Å². The molecule has 0 aliphatic carbocycles. The number of aryl methyl sites for hydroxylation is 1. The summed E-state index contributed by atoms with van der Waals surface area (Å²) in [7, 11) is 0. The van der Waals surface area contributed by atoms with E-state index < -0.39 is 0 Å². The Hall–Kier alpha value is -3.61. The van der Waals surface area contributed by atoms with Gasteiger partial charge in [0.1, 0.15) is 11.3 Å². The summed E-state index contributed by atoms with van der Waals surface area (Å²) in [5.41, 5.74) is 9.88. The Morgan fingerprint density at radius 2 is 1.81 bits per heavy atom. The molecule has 2 aromatic carbocycles. The lowest BCUT2D eigenvalue weighted by Crippen LogP contribution is -2.36. The van der Waals surface area contributed by atoms with E-state index >= 15 is 0 Å². The van der Waals surface area contributed by atoms with Crippen molar-refractivity contribution in [2.24, 2.45) is 0 Å². The van der Waals surface area contributed by atoms with Gasteiger partial charge in [-0.15, -0.1) is 0 Å². The van der Waals surface area contributed by atoms with Gasteiger partial charge in [-0.2, -0.15) is 0 Å². The van der Waals surface area contributed by atoms with E-state index in [1.54, 1.807) is 0 Å². The molecule has 2 aromatic heterocycles. The summed E-state index contributed by atoms with van der Waals surface area (Å²) in [6.07, 6.45) is 2.98. The van der Waals surface area contributed by atoms with Gasteiger partial charge in [0.05, 0.1) is 11.0 Å². The van der Waals surface area contributed by atoms with Crippen LogP contribution in [-0.2, 0) is 19.5 Å². The maximum Gasteiger partial charge on any atom is 0.315 e. The van der Waals surface area contributed by atoms with Crippen LogP contribution in [0.3, 0.4) is 0 Å². The monoisotopic (exact) mass is 416 g/mol. The number of fused-ring (bicyclic) bond motifs is 3. The molecule has 0 saturated heterocycles. The summed E-state index contributed by atoms with van der Waals surface area (Å²) in [6.45, 7) is 3.76. The van der Waals surface area contributed by atoms with Crippen LogP contribution in [0.2, 0.25) is 0 Å². The Balaban J connectivity index is 1.53. The van der Waals surface area contributed by atoms with E-state index in [9.17, 15) is 4.79 Å². The quantitative estimate of drug-likeness (QED) is 0.404. The van der Waals surface area contributed by atoms with Gasteiger partial charge in [-0.05, 0) is 18.1 Å². The van der Waals surface area contributed by atoms with Crippen LogP contribution >= 0.6 is 0 Å². The Morgan fingerprint density at radius 3 is 2.61 bits per heavy atom. The number of hydrogen-bond donors (Lipinski definition) is 3. The second-order valence-electron chi connectivity index (χ2n) is 7.59. The van der Waals surface area contributed by atoms with Gasteiger partial charge < -0.3 is 20.9 Å². The number of carbonyl (C=O) groups excluding carboxylic acids is 1. The molecule has 0 unspecified atom stereocenters. The van der Waals surface area contributed by atoms with Gasteiger partial charge in [0.25, 0.3) is 0 Å². The molecule has 0 bridgehead atoms. The summed E-state index contributed by atoms with van der Waals surface area (Å²) in [5.74, 6) is 1.42. The van der Waals surface area contributed by atoms with E-state index in [0.29, 0.717) is 25.5 Å². The summed E-state index contributed by atoms with van der Waals surface area (Å²) < 4.78 is 2.18. The van der Waals surface area contributed by atoms with Crippen molar-refractivity contribution in [2.45, 2.75) is 39.3 Å². The first-order valence-corrected chi connectivity index (χ1v) is 10.8. The second kappa shape index (κ2) is 9.47. The predicted molar refractivity (Wildman–Crippen MR) is 125 cm³/mol. The third-order valence-corrected chi connectivity index (χ3v) is 5.36. The number of hydrogen-bond acceptors (Lipinski definition) is 4. The van der Waals surface area contributed by atoms with Gasteiger partial charge in [-0.1, -0.05) is 61.9 Å². The number of imidazole rings is 1. The van der Waals surface area contributed by atoms with Crippen molar-refractivity contribution in [3.05, 3.63) is 66.0 Å². The highest BCUT2D eigenvalue weighted by atomic mass is 16.2. The van der Waals surface area contributed by atoms with E-state index in [2.05, 4.69) is 27.1 Å². The minimum absolute atomic E-state index is 0.186. The van der Waals surface area contributed by atoms with Crippen molar-refractivity contribution in [3.63, 3.8) is 0 Å². The van der Waals surface area contributed by atoms with Gasteiger partial charge in [-0.3, -0.25) is 0 Å². The summed E-state index contributed by atoms with van der Waals surface area (Å²) >= 11 is 0. The minimum Gasteiger partial charge on any atom is -0.382 e. The van der Waals surface area contributed by atoms with Crippen LogP contribution in [0, 0.1) is 0 Å². The highest BCUT2D eigenvalue weighted by molar-refractivity contribution is 6.06. The lowest BCUT2D eigenvalue weighted by molar-refractivity contribution is 0.240. The number of benzene rings is 2. The molecular formula is C24H28N6O. The fraction of sp³-hybridized carbons (Fsp3) is 0.292. The largest absolute Gasteiger partial charge is 0.382 e.